The van der Waals surface area contributed by atoms with Crippen molar-refractivity contribution in [2.75, 3.05) is 0 Å². The van der Waals surface area contributed by atoms with Gasteiger partial charge in [0.15, 0.2) is 0 Å². The van der Waals surface area contributed by atoms with E-state index in [0.717, 1.165) is 31.6 Å². The number of hydrogen-bond donors (Lipinski definition) is 3. The highest BCUT2D eigenvalue weighted by Gasteiger charge is 2.59. The molecular formula is C29H48O3. The number of hydrogen-bond acceptors (Lipinski definition) is 3. The van der Waals surface area contributed by atoms with Crippen LogP contribution in [0, 0.1) is 40.4 Å². The third-order valence-electron chi connectivity index (χ3n) is 10.8. The van der Waals surface area contributed by atoms with Crippen LogP contribution in [0.1, 0.15) is 99.3 Å². The van der Waals surface area contributed by atoms with Crippen LogP contribution in [0.4, 0.5) is 0 Å². The van der Waals surface area contributed by atoms with Gasteiger partial charge in [-0.1, -0.05) is 57.4 Å². The van der Waals surface area contributed by atoms with Crippen LogP contribution in [0.15, 0.2) is 23.3 Å². The molecule has 3 saturated carbocycles. The lowest BCUT2D eigenvalue weighted by molar-refractivity contribution is -0.0557. The molecule has 0 bridgehead atoms. The van der Waals surface area contributed by atoms with Crippen molar-refractivity contribution in [1.29, 1.82) is 0 Å². The van der Waals surface area contributed by atoms with Crippen LogP contribution in [0.25, 0.3) is 0 Å². The van der Waals surface area contributed by atoms with Crippen molar-refractivity contribution in [3.63, 3.8) is 0 Å². The van der Waals surface area contributed by atoms with E-state index in [4.69, 9.17) is 0 Å². The second-order valence-corrected chi connectivity index (χ2v) is 13.0. The Hall–Kier alpha value is -0.640. The Morgan fingerprint density at radius 1 is 1.09 bits per heavy atom. The molecule has 0 radical (unpaired) electrons. The van der Waals surface area contributed by atoms with Crippen molar-refractivity contribution < 1.29 is 15.3 Å². The van der Waals surface area contributed by atoms with Crippen LogP contribution in [0.5, 0.6) is 0 Å². The van der Waals surface area contributed by atoms with Gasteiger partial charge in [-0.15, -0.1) is 0 Å². The standard InChI is InChI=1S/C29H48O3/c1-7-19(12-14-27(3,4)32)18(2)23-10-11-24-22-9-8-20-16-21(30)17-26(31)29(20,6)25(22)13-15-28(23,24)5/h8-9,18-19,21,23-26,30-32H,7,10-17H2,1-6H3/t18-,19+,21+,23+,24-,25?,26-,28+,29-/m0/s1. The largest absolute Gasteiger partial charge is 0.393 e. The monoisotopic (exact) mass is 444 g/mol. The van der Waals surface area contributed by atoms with Gasteiger partial charge in [0.05, 0.1) is 17.8 Å². The molecular weight excluding hydrogens is 396 g/mol. The van der Waals surface area contributed by atoms with Crippen molar-refractivity contribution in [3.05, 3.63) is 23.3 Å². The van der Waals surface area contributed by atoms with Gasteiger partial charge < -0.3 is 15.3 Å². The van der Waals surface area contributed by atoms with Gasteiger partial charge in [-0.25, -0.2) is 0 Å². The van der Waals surface area contributed by atoms with Crippen molar-refractivity contribution in [3.8, 4) is 0 Å². The third kappa shape index (κ3) is 3.95. The molecule has 0 heterocycles. The Balaban J connectivity index is 1.57. The molecule has 0 amide bonds. The molecule has 4 aliphatic rings. The molecule has 4 aliphatic carbocycles. The van der Waals surface area contributed by atoms with Crippen molar-refractivity contribution in [1.82, 2.24) is 0 Å². The van der Waals surface area contributed by atoms with Gasteiger partial charge in [0.25, 0.3) is 0 Å². The molecule has 4 rings (SSSR count). The van der Waals surface area contributed by atoms with E-state index >= 15 is 0 Å². The van der Waals surface area contributed by atoms with Gasteiger partial charge in [-0.3, -0.25) is 0 Å². The fraction of sp³-hybridized carbons (Fsp3) is 0.862. The van der Waals surface area contributed by atoms with E-state index in [0.29, 0.717) is 35.5 Å². The second-order valence-electron chi connectivity index (χ2n) is 13.0. The zero-order chi connectivity index (χ0) is 23.5. The quantitative estimate of drug-likeness (QED) is 0.469. The number of rotatable bonds is 6. The van der Waals surface area contributed by atoms with Crippen molar-refractivity contribution >= 4 is 0 Å². The molecule has 1 unspecified atom stereocenters. The van der Waals surface area contributed by atoms with E-state index in [-0.39, 0.29) is 5.41 Å². The maximum absolute atomic E-state index is 11.1. The summed E-state index contributed by atoms with van der Waals surface area (Å²) in [7, 11) is 0. The van der Waals surface area contributed by atoms with Gasteiger partial charge in [0.2, 0.25) is 0 Å². The summed E-state index contributed by atoms with van der Waals surface area (Å²) in [6.07, 6.45) is 13.2. The van der Waals surface area contributed by atoms with Crippen molar-refractivity contribution in [2.45, 2.75) is 117 Å². The summed E-state index contributed by atoms with van der Waals surface area (Å²) < 4.78 is 0. The van der Waals surface area contributed by atoms with Crippen LogP contribution in [0.2, 0.25) is 0 Å². The Bertz CT molecular complexity index is 761. The lowest BCUT2D eigenvalue weighted by Gasteiger charge is -2.56. The summed E-state index contributed by atoms with van der Waals surface area (Å²) in [4.78, 5) is 0. The van der Waals surface area contributed by atoms with E-state index in [1.807, 2.05) is 13.8 Å². The Morgan fingerprint density at radius 3 is 2.47 bits per heavy atom. The summed E-state index contributed by atoms with van der Waals surface area (Å²) in [5, 5.41) is 31.6. The fourth-order valence-electron chi connectivity index (χ4n) is 8.66. The highest BCUT2D eigenvalue weighted by atomic mass is 16.3. The molecule has 0 aromatic rings. The molecule has 32 heavy (non-hydrogen) atoms. The molecule has 182 valence electrons. The zero-order valence-corrected chi connectivity index (χ0v) is 21.4. The molecule has 3 fully saturated rings. The minimum Gasteiger partial charge on any atom is -0.393 e. The first-order valence-corrected chi connectivity index (χ1v) is 13.4. The first-order valence-electron chi connectivity index (χ1n) is 13.4. The maximum Gasteiger partial charge on any atom is 0.0661 e. The highest BCUT2D eigenvalue weighted by Crippen LogP contribution is 2.66. The zero-order valence-electron chi connectivity index (χ0n) is 21.4. The molecule has 0 aromatic heterocycles. The molecule has 0 aliphatic heterocycles. The summed E-state index contributed by atoms with van der Waals surface area (Å²) >= 11 is 0. The summed E-state index contributed by atoms with van der Waals surface area (Å²) in [6.45, 7) is 13.5. The number of fused-ring (bicyclic) bond motifs is 5. The summed E-state index contributed by atoms with van der Waals surface area (Å²) in [5.74, 6) is 3.13. The first kappa shape index (κ1) is 24.5. The fourth-order valence-corrected chi connectivity index (χ4v) is 8.66. The molecule has 3 N–H and O–H groups in total. The van der Waals surface area contributed by atoms with Crippen LogP contribution >= 0.6 is 0 Å². The molecule has 0 aromatic carbocycles. The first-order chi connectivity index (χ1) is 14.9. The topological polar surface area (TPSA) is 60.7 Å². The van der Waals surface area contributed by atoms with Gasteiger partial charge in [-0.2, -0.15) is 0 Å². The predicted octanol–water partition coefficient (Wildman–Crippen LogP) is 6.03. The Labute approximate surface area is 196 Å². The van der Waals surface area contributed by atoms with Crippen LogP contribution in [-0.2, 0) is 0 Å². The number of aliphatic hydroxyl groups excluding tert-OH is 2. The van der Waals surface area contributed by atoms with Gasteiger partial charge in [-0.05, 0) is 93.8 Å². The van der Waals surface area contributed by atoms with Gasteiger partial charge in [0.1, 0.15) is 0 Å². The Morgan fingerprint density at radius 2 is 1.81 bits per heavy atom. The SMILES string of the molecule is CC[C@H](CCC(C)(C)O)[C@H](C)[C@H]1CC[C@H]2C3=CC=C4C[C@@H](O)C[C@H](O)[C@]4(C)C3CC[C@]12C. The molecule has 3 heteroatoms. The average molecular weight is 445 g/mol. The van der Waals surface area contributed by atoms with E-state index < -0.39 is 17.8 Å². The lowest BCUT2D eigenvalue weighted by atomic mass is 9.49. The normalized spacial score (nSPS) is 43.5. The highest BCUT2D eigenvalue weighted by molar-refractivity contribution is 5.40. The van der Waals surface area contributed by atoms with E-state index in [1.165, 1.54) is 31.3 Å². The Kier molecular flexibility index (Phi) is 6.53. The van der Waals surface area contributed by atoms with E-state index in [1.54, 1.807) is 5.57 Å². The summed E-state index contributed by atoms with van der Waals surface area (Å²) in [5.41, 5.74) is 2.42. The lowest BCUT2D eigenvalue weighted by Crippen LogP contribution is -2.52. The van der Waals surface area contributed by atoms with Gasteiger partial charge in [0, 0.05) is 11.8 Å². The second kappa shape index (κ2) is 8.54. The molecule has 0 spiro atoms. The number of aliphatic hydroxyl groups is 3. The third-order valence-corrected chi connectivity index (χ3v) is 10.8. The van der Waals surface area contributed by atoms with E-state index in [2.05, 4.69) is 39.8 Å². The van der Waals surface area contributed by atoms with Crippen molar-refractivity contribution in [2.24, 2.45) is 40.4 Å². The molecule has 3 nitrogen and oxygen atoms in total. The van der Waals surface area contributed by atoms with Gasteiger partial charge >= 0.3 is 0 Å². The summed E-state index contributed by atoms with van der Waals surface area (Å²) in [6, 6.07) is 0. The number of allylic oxidation sites excluding steroid dienone is 3. The maximum atomic E-state index is 11.1. The van der Waals surface area contributed by atoms with E-state index in [9.17, 15) is 15.3 Å². The van der Waals surface area contributed by atoms with Crippen LogP contribution < -0.4 is 0 Å². The smallest absolute Gasteiger partial charge is 0.0661 e. The predicted molar refractivity (Wildman–Crippen MR) is 131 cm³/mol. The van der Waals surface area contributed by atoms with Crippen LogP contribution in [0.3, 0.4) is 0 Å². The molecule has 9 atom stereocenters. The minimum atomic E-state index is -0.575. The minimum absolute atomic E-state index is 0.201. The average Bonchev–Trinajstić information content (AvgIpc) is 3.06. The van der Waals surface area contributed by atoms with Crippen LogP contribution in [-0.4, -0.2) is 33.1 Å². The molecule has 0 saturated heterocycles.